The van der Waals surface area contributed by atoms with E-state index in [9.17, 15) is 24.8 Å². The fraction of sp³-hybridized carbons (Fsp3) is 0.227. The number of imidazole rings is 1. The standard InChI is InChI=1S/C22H19N3O8/c26-17-16(13-31-20(27)14-7-3-1-4-8-14)32-19(24-12-11-23-22(24)25(29)30)18(17)33-21(28)15-9-5-2-6-10-15/h1-12,16-19,26H,13H2/t16-,17-,18-,19-/m1/s1. The Hall–Kier alpha value is -4.09. The van der Waals surface area contributed by atoms with E-state index in [2.05, 4.69) is 4.98 Å². The maximum Gasteiger partial charge on any atom is 0.436 e. The number of nitro groups is 1. The van der Waals surface area contributed by atoms with Gasteiger partial charge in [-0.3, -0.25) is 0 Å². The molecule has 170 valence electrons. The summed E-state index contributed by atoms with van der Waals surface area (Å²) in [5.41, 5.74) is 0.529. The highest BCUT2D eigenvalue weighted by atomic mass is 16.6. The Kier molecular flexibility index (Phi) is 6.43. The molecule has 1 aliphatic heterocycles. The van der Waals surface area contributed by atoms with E-state index in [1.54, 1.807) is 48.5 Å². The number of esters is 2. The number of nitrogens with zero attached hydrogens (tertiary/aromatic N) is 3. The maximum absolute atomic E-state index is 12.6. The third-order valence-corrected chi connectivity index (χ3v) is 5.04. The van der Waals surface area contributed by atoms with Crippen molar-refractivity contribution in [2.24, 2.45) is 0 Å². The minimum Gasteiger partial charge on any atom is -0.459 e. The summed E-state index contributed by atoms with van der Waals surface area (Å²) in [4.78, 5) is 39.2. The highest BCUT2D eigenvalue weighted by Crippen LogP contribution is 2.35. The first kappa shape index (κ1) is 22.1. The summed E-state index contributed by atoms with van der Waals surface area (Å²) in [6.45, 7) is -0.368. The van der Waals surface area contributed by atoms with Crippen LogP contribution in [0.2, 0.25) is 0 Å². The van der Waals surface area contributed by atoms with Crippen molar-refractivity contribution in [3.8, 4) is 0 Å². The highest BCUT2D eigenvalue weighted by Gasteiger charge is 2.51. The van der Waals surface area contributed by atoms with Crippen molar-refractivity contribution in [2.75, 3.05) is 6.61 Å². The molecule has 11 nitrogen and oxygen atoms in total. The zero-order valence-corrected chi connectivity index (χ0v) is 17.1. The number of rotatable bonds is 7. The molecular formula is C22H19N3O8. The lowest BCUT2D eigenvalue weighted by Gasteiger charge is -2.20. The number of aliphatic hydroxyl groups excluding tert-OH is 1. The van der Waals surface area contributed by atoms with Gasteiger partial charge in [0.2, 0.25) is 6.23 Å². The van der Waals surface area contributed by atoms with Gasteiger partial charge in [-0.05, 0) is 29.2 Å². The molecule has 1 N–H and O–H groups in total. The van der Waals surface area contributed by atoms with Crippen molar-refractivity contribution >= 4 is 17.9 Å². The van der Waals surface area contributed by atoms with Gasteiger partial charge in [-0.2, -0.15) is 4.57 Å². The molecule has 0 amide bonds. The van der Waals surface area contributed by atoms with Crippen LogP contribution in [0.4, 0.5) is 5.95 Å². The smallest absolute Gasteiger partial charge is 0.436 e. The molecule has 2 heterocycles. The minimum atomic E-state index is -1.44. The van der Waals surface area contributed by atoms with Gasteiger partial charge in [0, 0.05) is 0 Å². The molecule has 3 aromatic rings. The van der Waals surface area contributed by atoms with Gasteiger partial charge in [0.15, 0.2) is 6.10 Å². The Morgan fingerprint density at radius 3 is 2.27 bits per heavy atom. The summed E-state index contributed by atoms with van der Waals surface area (Å²) < 4.78 is 17.5. The van der Waals surface area contributed by atoms with Gasteiger partial charge in [-0.15, -0.1) is 0 Å². The largest absolute Gasteiger partial charge is 0.459 e. The number of aliphatic hydroxyl groups is 1. The lowest BCUT2D eigenvalue weighted by atomic mass is 10.1. The number of carbonyl (C=O) groups excluding carboxylic acids is 2. The monoisotopic (exact) mass is 453 g/mol. The molecule has 0 spiro atoms. The fourth-order valence-electron chi connectivity index (χ4n) is 3.43. The van der Waals surface area contributed by atoms with Crippen molar-refractivity contribution in [1.29, 1.82) is 0 Å². The van der Waals surface area contributed by atoms with Gasteiger partial charge < -0.3 is 29.4 Å². The summed E-state index contributed by atoms with van der Waals surface area (Å²) in [5, 5.41) is 22.2. The van der Waals surface area contributed by atoms with Crippen molar-refractivity contribution in [1.82, 2.24) is 9.55 Å². The van der Waals surface area contributed by atoms with Gasteiger partial charge in [-0.1, -0.05) is 41.4 Å². The summed E-state index contributed by atoms with van der Waals surface area (Å²) >= 11 is 0. The predicted octanol–water partition coefficient (Wildman–Crippen LogP) is 2.13. The average Bonchev–Trinajstić information content (AvgIpc) is 3.44. The van der Waals surface area contributed by atoms with E-state index in [1.165, 1.54) is 24.5 Å². The van der Waals surface area contributed by atoms with Gasteiger partial charge >= 0.3 is 17.9 Å². The van der Waals surface area contributed by atoms with Gasteiger partial charge in [0.25, 0.3) is 0 Å². The van der Waals surface area contributed by atoms with E-state index < -0.39 is 47.4 Å². The van der Waals surface area contributed by atoms with Gasteiger partial charge in [0.05, 0.1) is 11.1 Å². The fourth-order valence-corrected chi connectivity index (χ4v) is 3.43. The Morgan fingerprint density at radius 2 is 1.67 bits per heavy atom. The van der Waals surface area contributed by atoms with Crippen LogP contribution in [0.25, 0.3) is 0 Å². The molecule has 2 aromatic carbocycles. The molecule has 1 aromatic heterocycles. The van der Waals surface area contributed by atoms with Crippen LogP contribution in [-0.2, 0) is 14.2 Å². The second kappa shape index (κ2) is 9.59. The van der Waals surface area contributed by atoms with Crippen LogP contribution < -0.4 is 0 Å². The summed E-state index contributed by atoms with van der Waals surface area (Å²) in [6, 6.07) is 16.3. The zero-order valence-electron chi connectivity index (χ0n) is 17.1. The lowest BCUT2D eigenvalue weighted by Crippen LogP contribution is -2.37. The number of carbonyl (C=O) groups is 2. The zero-order chi connectivity index (χ0) is 23.4. The number of hydrogen-bond acceptors (Lipinski definition) is 9. The first-order chi connectivity index (χ1) is 16.0. The Morgan fingerprint density at radius 1 is 1.06 bits per heavy atom. The number of benzene rings is 2. The maximum atomic E-state index is 12.6. The SMILES string of the molecule is O=C(OC[C@H]1O[C@@H](n2ccnc2[N+](=O)[O-])[C@H](OC(=O)c2ccccc2)[C@@H]1O)c1ccccc1. The molecule has 0 radical (unpaired) electrons. The highest BCUT2D eigenvalue weighted by molar-refractivity contribution is 5.89. The van der Waals surface area contributed by atoms with Crippen molar-refractivity contribution in [3.63, 3.8) is 0 Å². The molecule has 0 saturated carbocycles. The van der Waals surface area contributed by atoms with Crippen molar-refractivity contribution in [3.05, 3.63) is 94.3 Å². The molecule has 11 heteroatoms. The van der Waals surface area contributed by atoms with Crippen LogP contribution in [-0.4, -0.2) is 56.4 Å². The Labute approximate surface area is 187 Å². The molecule has 0 bridgehead atoms. The topological polar surface area (TPSA) is 143 Å². The Balaban J connectivity index is 1.55. The van der Waals surface area contributed by atoms with Gasteiger partial charge in [0.1, 0.15) is 31.2 Å². The molecule has 1 saturated heterocycles. The molecule has 1 aliphatic rings. The van der Waals surface area contributed by atoms with E-state index in [-0.39, 0.29) is 12.2 Å². The second-order valence-corrected chi connectivity index (χ2v) is 7.15. The Bertz CT molecular complexity index is 1130. The molecule has 4 rings (SSSR count). The summed E-state index contributed by atoms with van der Waals surface area (Å²) in [6.07, 6.45) is -2.68. The average molecular weight is 453 g/mol. The quantitative estimate of drug-likeness (QED) is 0.323. The van der Waals surface area contributed by atoms with Crippen LogP contribution in [0.1, 0.15) is 26.9 Å². The lowest BCUT2D eigenvalue weighted by molar-refractivity contribution is -0.398. The number of hydrogen-bond donors (Lipinski definition) is 1. The molecule has 0 unspecified atom stereocenters. The van der Waals surface area contributed by atoms with Crippen LogP contribution in [0.15, 0.2) is 73.1 Å². The molecule has 33 heavy (non-hydrogen) atoms. The van der Waals surface area contributed by atoms with Crippen LogP contribution in [0.5, 0.6) is 0 Å². The van der Waals surface area contributed by atoms with Gasteiger partial charge in [-0.25, -0.2) is 9.59 Å². The normalized spacial score (nSPS) is 22.0. The summed E-state index contributed by atoms with van der Waals surface area (Å²) in [7, 11) is 0. The predicted molar refractivity (Wildman–Crippen MR) is 111 cm³/mol. The van der Waals surface area contributed by atoms with E-state index in [4.69, 9.17) is 14.2 Å². The molecular weight excluding hydrogens is 434 g/mol. The third kappa shape index (κ3) is 4.73. The molecule has 0 aliphatic carbocycles. The van der Waals surface area contributed by atoms with Crippen LogP contribution in [0.3, 0.4) is 0 Å². The molecule has 4 atom stereocenters. The first-order valence-electron chi connectivity index (χ1n) is 9.94. The number of ether oxygens (including phenoxy) is 3. The molecule has 1 fully saturated rings. The van der Waals surface area contributed by atoms with E-state index in [1.807, 2.05) is 0 Å². The van der Waals surface area contributed by atoms with Crippen molar-refractivity contribution in [2.45, 2.75) is 24.5 Å². The number of aromatic nitrogens is 2. The second-order valence-electron chi connectivity index (χ2n) is 7.15. The van der Waals surface area contributed by atoms with E-state index in [0.29, 0.717) is 5.56 Å². The first-order valence-corrected chi connectivity index (χ1v) is 9.94. The minimum absolute atomic E-state index is 0.225. The van der Waals surface area contributed by atoms with Crippen molar-refractivity contribution < 1.29 is 33.8 Å². The van der Waals surface area contributed by atoms with Crippen LogP contribution in [0, 0.1) is 10.1 Å². The van der Waals surface area contributed by atoms with E-state index >= 15 is 0 Å². The van der Waals surface area contributed by atoms with E-state index in [0.717, 1.165) is 4.57 Å². The summed E-state index contributed by atoms with van der Waals surface area (Å²) in [5.74, 6) is -1.95. The third-order valence-electron chi connectivity index (χ3n) is 5.04. The van der Waals surface area contributed by atoms with Crippen LogP contribution >= 0.6 is 0 Å².